The first-order valence-electron chi connectivity index (χ1n) is 5.82. The van der Waals surface area contributed by atoms with Crippen LogP contribution in [-0.2, 0) is 4.79 Å². The molecule has 86 valence electrons. The van der Waals surface area contributed by atoms with Crippen LogP contribution in [0, 0.1) is 0 Å². The van der Waals surface area contributed by atoms with E-state index in [4.69, 9.17) is 0 Å². The van der Waals surface area contributed by atoms with Gasteiger partial charge in [0.1, 0.15) is 6.04 Å². The summed E-state index contributed by atoms with van der Waals surface area (Å²) in [6.07, 6.45) is 4.30. The Balaban J connectivity index is 2.06. The van der Waals surface area contributed by atoms with Crippen LogP contribution in [0.5, 0.6) is 0 Å². The Bertz CT molecular complexity index is 237. The van der Waals surface area contributed by atoms with Crippen LogP contribution in [0.4, 0.5) is 0 Å². The molecule has 0 aromatic heterocycles. The van der Waals surface area contributed by atoms with Crippen molar-refractivity contribution < 1.29 is 9.90 Å². The summed E-state index contributed by atoms with van der Waals surface area (Å²) in [6.45, 7) is 1.98. The predicted octanol–water partition coefficient (Wildman–Crippen LogP) is 1.82. The molecule has 2 atom stereocenters. The second kappa shape index (κ2) is 4.74. The van der Waals surface area contributed by atoms with Crippen molar-refractivity contribution in [1.29, 1.82) is 0 Å². The summed E-state index contributed by atoms with van der Waals surface area (Å²) in [5.74, 6) is 1.69. The maximum atomic E-state index is 11.2. The largest absolute Gasteiger partial charge is 0.480 e. The summed E-state index contributed by atoms with van der Waals surface area (Å²) in [4.78, 5) is 13.5. The molecule has 1 heterocycles. The molecule has 1 aliphatic carbocycles. The fourth-order valence-electron chi connectivity index (χ4n) is 2.45. The molecule has 0 aromatic carbocycles. The van der Waals surface area contributed by atoms with Gasteiger partial charge >= 0.3 is 5.97 Å². The first kappa shape index (κ1) is 11.3. The van der Waals surface area contributed by atoms with Gasteiger partial charge in [-0.2, -0.15) is 11.8 Å². The second-order valence-corrected chi connectivity index (χ2v) is 5.61. The smallest absolute Gasteiger partial charge is 0.320 e. The quantitative estimate of drug-likeness (QED) is 0.780. The number of aliphatic carboxylic acids is 1. The third-order valence-corrected chi connectivity index (χ3v) is 4.47. The van der Waals surface area contributed by atoms with E-state index in [0.29, 0.717) is 12.1 Å². The van der Waals surface area contributed by atoms with Crippen LogP contribution >= 0.6 is 11.8 Å². The van der Waals surface area contributed by atoms with Crippen LogP contribution in [0.25, 0.3) is 0 Å². The number of carboxylic acids is 1. The molecule has 15 heavy (non-hydrogen) atoms. The van der Waals surface area contributed by atoms with Crippen molar-refractivity contribution in [2.45, 2.75) is 50.7 Å². The highest BCUT2D eigenvalue weighted by Gasteiger charge is 2.41. The van der Waals surface area contributed by atoms with Crippen LogP contribution in [0.1, 0.15) is 32.6 Å². The molecular formula is C11H19NO2S. The van der Waals surface area contributed by atoms with Crippen LogP contribution in [-0.4, -0.2) is 45.6 Å². The van der Waals surface area contributed by atoms with Gasteiger partial charge in [-0.1, -0.05) is 6.92 Å². The van der Waals surface area contributed by atoms with Crippen LogP contribution in [0.2, 0.25) is 0 Å². The number of carbonyl (C=O) groups is 1. The molecule has 0 bridgehead atoms. The molecule has 2 fully saturated rings. The Morgan fingerprint density at radius 3 is 2.60 bits per heavy atom. The average Bonchev–Trinajstić information content (AvgIpc) is 2.88. The van der Waals surface area contributed by atoms with E-state index >= 15 is 0 Å². The lowest BCUT2D eigenvalue weighted by Gasteiger charge is -2.33. The van der Waals surface area contributed by atoms with Gasteiger partial charge in [-0.15, -0.1) is 0 Å². The Morgan fingerprint density at radius 1 is 1.47 bits per heavy atom. The zero-order valence-corrected chi connectivity index (χ0v) is 10.0. The molecule has 2 aliphatic rings. The number of nitrogens with zero attached hydrogens (tertiary/aromatic N) is 1. The SMILES string of the molecule is CC[C@@H](C(=O)O)N(C1CC1)[C@H]1CCSC1. The van der Waals surface area contributed by atoms with Crippen LogP contribution in [0.15, 0.2) is 0 Å². The highest BCUT2D eigenvalue weighted by Crippen LogP contribution is 2.35. The summed E-state index contributed by atoms with van der Waals surface area (Å²) >= 11 is 1.96. The maximum Gasteiger partial charge on any atom is 0.320 e. The molecular weight excluding hydrogens is 210 g/mol. The van der Waals surface area contributed by atoms with E-state index < -0.39 is 5.97 Å². The predicted molar refractivity (Wildman–Crippen MR) is 62.3 cm³/mol. The summed E-state index contributed by atoms with van der Waals surface area (Å²) in [7, 11) is 0. The number of hydrogen-bond donors (Lipinski definition) is 1. The fourth-order valence-corrected chi connectivity index (χ4v) is 3.67. The van der Waals surface area contributed by atoms with Crippen molar-refractivity contribution in [2.75, 3.05) is 11.5 Å². The van der Waals surface area contributed by atoms with Gasteiger partial charge in [0.05, 0.1) is 0 Å². The van der Waals surface area contributed by atoms with Crippen molar-refractivity contribution in [3.63, 3.8) is 0 Å². The Labute approximate surface area is 95.2 Å². The van der Waals surface area contributed by atoms with Gasteiger partial charge in [0, 0.05) is 17.8 Å². The monoisotopic (exact) mass is 229 g/mol. The molecule has 0 radical (unpaired) electrons. The van der Waals surface area contributed by atoms with Gasteiger partial charge < -0.3 is 5.11 Å². The molecule has 0 unspecified atom stereocenters. The van der Waals surface area contributed by atoms with E-state index in [9.17, 15) is 9.90 Å². The molecule has 3 nitrogen and oxygen atoms in total. The maximum absolute atomic E-state index is 11.2. The Morgan fingerprint density at radius 2 is 2.20 bits per heavy atom. The summed E-state index contributed by atoms with van der Waals surface area (Å²) < 4.78 is 0. The minimum Gasteiger partial charge on any atom is -0.480 e. The number of thioether (sulfide) groups is 1. The van der Waals surface area contributed by atoms with Crippen molar-refractivity contribution in [3.8, 4) is 0 Å². The standard InChI is InChI=1S/C11H19NO2S/c1-2-10(11(13)14)12(8-3-4-8)9-5-6-15-7-9/h8-10H,2-7H2,1H3,(H,13,14)/t9-,10-/m0/s1. The topological polar surface area (TPSA) is 40.5 Å². The normalized spacial score (nSPS) is 28.3. The fraction of sp³-hybridized carbons (Fsp3) is 0.909. The van der Waals surface area contributed by atoms with Gasteiger partial charge in [-0.3, -0.25) is 9.69 Å². The van der Waals surface area contributed by atoms with Crippen LogP contribution < -0.4 is 0 Å². The minimum atomic E-state index is -0.638. The van der Waals surface area contributed by atoms with Gasteiger partial charge in [0.15, 0.2) is 0 Å². The zero-order chi connectivity index (χ0) is 10.8. The summed E-state index contributed by atoms with van der Waals surface area (Å²) in [6, 6.07) is 0.833. The summed E-state index contributed by atoms with van der Waals surface area (Å²) in [5.41, 5.74) is 0. The van der Waals surface area contributed by atoms with E-state index in [1.165, 1.54) is 25.0 Å². The first-order valence-corrected chi connectivity index (χ1v) is 6.97. The number of hydrogen-bond acceptors (Lipinski definition) is 3. The number of rotatable bonds is 5. The third kappa shape index (κ3) is 2.48. The van der Waals surface area contributed by atoms with Crippen molar-refractivity contribution in [3.05, 3.63) is 0 Å². The van der Waals surface area contributed by atoms with E-state index in [-0.39, 0.29) is 6.04 Å². The Kier molecular flexibility index (Phi) is 3.57. The van der Waals surface area contributed by atoms with Gasteiger partial charge in [0.2, 0.25) is 0 Å². The molecule has 0 aromatic rings. The minimum absolute atomic E-state index is 0.249. The van der Waals surface area contributed by atoms with E-state index in [1.807, 2.05) is 18.7 Å². The highest BCUT2D eigenvalue weighted by atomic mass is 32.2. The molecule has 1 saturated heterocycles. The van der Waals surface area contributed by atoms with E-state index in [0.717, 1.165) is 12.2 Å². The molecule has 0 spiro atoms. The third-order valence-electron chi connectivity index (χ3n) is 3.33. The first-order chi connectivity index (χ1) is 7.24. The molecule has 1 N–H and O–H groups in total. The average molecular weight is 229 g/mol. The van der Waals surface area contributed by atoms with E-state index in [2.05, 4.69) is 4.90 Å². The van der Waals surface area contributed by atoms with Gasteiger partial charge in [0.25, 0.3) is 0 Å². The Hall–Kier alpha value is -0.220. The number of carboxylic acid groups (broad SMARTS) is 1. The molecule has 1 saturated carbocycles. The van der Waals surface area contributed by atoms with Crippen LogP contribution in [0.3, 0.4) is 0 Å². The lowest BCUT2D eigenvalue weighted by Crippen LogP contribution is -2.48. The van der Waals surface area contributed by atoms with Crippen molar-refractivity contribution >= 4 is 17.7 Å². The van der Waals surface area contributed by atoms with Crippen molar-refractivity contribution in [2.24, 2.45) is 0 Å². The molecule has 2 rings (SSSR count). The lowest BCUT2D eigenvalue weighted by atomic mass is 10.1. The molecule has 4 heteroatoms. The summed E-state index contributed by atoms with van der Waals surface area (Å²) in [5, 5.41) is 9.23. The zero-order valence-electron chi connectivity index (χ0n) is 9.19. The van der Waals surface area contributed by atoms with Gasteiger partial charge in [-0.05, 0) is 31.4 Å². The van der Waals surface area contributed by atoms with Crippen molar-refractivity contribution in [1.82, 2.24) is 4.90 Å². The van der Waals surface area contributed by atoms with E-state index in [1.54, 1.807) is 0 Å². The second-order valence-electron chi connectivity index (χ2n) is 4.46. The highest BCUT2D eigenvalue weighted by molar-refractivity contribution is 7.99. The molecule has 1 aliphatic heterocycles. The lowest BCUT2D eigenvalue weighted by molar-refractivity contribution is -0.144. The van der Waals surface area contributed by atoms with Gasteiger partial charge in [-0.25, -0.2) is 0 Å². The molecule has 0 amide bonds.